The van der Waals surface area contributed by atoms with Gasteiger partial charge in [0.2, 0.25) is 10.0 Å². The zero-order valence-electron chi connectivity index (χ0n) is 18.5. The van der Waals surface area contributed by atoms with Crippen molar-refractivity contribution in [2.75, 3.05) is 0 Å². The number of fused-ring (bicyclic) bond motifs is 5. The van der Waals surface area contributed by atoms with E-state index < -0.39 is 16.0 Å². The maximum atomic E-state index is 13.0. The zero-order chi connectivity index (χ0) is 23.5. The van der Waals surface area contributed by atoms with Crippen LogP contribution in [0.1, 0.15) is 66.4 Å². The van der Waals surface area contributed by atoms with E-state index >= 15 is 0 Å². The number of halogens is 1. The van der Waals surface area contributed by atoms with Crippen LogP contribution in [0.25, 0.3) is 0 Å². The third-order valence-corrected chi connectivity index (χ3v) is 9.59. The van der Waals surface area contributed by atoms with Crippen molar-refractivity contribution in [3.8, 4) is 5.75 Å². The number of primary sulfonamides is 1. The summed E-state index contributed by atoms with van der Waals surface area (Å²) in [5.74, 6) is 1.30. The number of carbonyl (C=O) groups excluding carboxylic acids is 1. The number of hydrogen-bond donors (Lipinski definition) is 2. The van der Waals surface area contributed by atoms with E-state index in [0.717, 1.165) is 38.5 Å². The predicted octanol–water partition coefficient (Wildman–Crippen LogP) is 4.77. The lowest BCUT2D eigenvalue weighted by atomic mass is 9.55. The normalized spacial score (nSPS) is 30.8. The Morgan fingerprint density at radius 2 is 1.94 bits per heavy atom. The first kappa shape index (κ1) is 22.7. The molecule has 0 saturated heterocycles. The molecular formula is C25H28ClNO5S. The van der Waals surface area contributed by atoms with Gasteiger partial charge in [-0.1, -0.05) is 24.6 Å². The summed E-state index contributed by atoms with van der Waals surface area (Å²) in [6.45, 7) is 2.25. The van der Waals surface area contributed by atoms with Gasteiger partial charge in [0.1, 0.15) is 11.9 Å². The van der Waals surface area contributed by atoms with Gasteiger partial charge in [0.25, 0.3) is 0 Å². The summed E-state index contributed by atoms with van der Waals surface area (Å²) >= 11 is 6.20. The number of aromatic hydroxyl groups is 1. The molecule has 0 spiro atoms. The van der Waals surface area contributed by atoms with E-state index in [4.69, 9.17) is 21.5 Å². The van der Waals surface area contributed by atoms with Crippen molar-refractivity contribution < 1.29 is 23.1 Å². The minimum Gasteiger partial charge on any atom is -0.508 e. The third-order valence-electron chi connectivity index (χ3n) is 8.36. The van der Waals surface area contributed by atoms with E-state index in [1.54, 1.807) is 6.07 Å². The van der Waals surface area contributed by atoms with Gasteiger partial charge < -0.3 is 9.84 Å². The molecule has 0 aromatic heterocycles. The topological polar surface area (TPSA) is 107 Å². The second-order valence-corrected chi connectivity index (χ2v) is 12.0. The van der Waals surface area contributed by atoms with Gasteiger partial charge in [-0.25, -0.2) is 18.4 Å². The minimum atomic E-state index is -3.90. The number of aryl methyl sites for hydroxylation is 1. The Morgan fingerprint density at radius 1 is 1.15 bits per heavy atom. The zero-order valence-corrected chi connectivity index (χ0v) is 20.0. The first-order valence-electron chi connectivity index (χ1n) is 11.4. The number of esters is 1. The minimum absolute atomic E-state index is 0.0158. The van der Waals surface area contributed by atoms with Crippen LogP contribution in [0.15, 0.2) is 41.3 Å². The Morgan fingerprint density at radius 3 is 2.67 bits per heavy atom. The molecule has 2 saturated carbocycles. The van der Waals surface area contributed by atoms with Crippen molar-refractivity contribution in [3.63, 3.8) is 0 Å². The number of carbonyl (C=O) groups is 1. The third kappa shape index (κ3) is 3.84. The standard InChI is InChI=1S/C25H28ClNO5S/c1-25-11-10-18-17-6-3-15(28)12-14(17)2-5-19(18)21(25)8-9-23(25)32-24(29)20-7-4-16(13-22(20)26)33(27,30)31/h3-4,6-7,12-13,18-19,21,23,28H,2,5,8-11H2,1H3,(H2,27,30,31)/t18?,19?,21?,23-,25-/m0/s1. The lowest BCUT2D eigenvalue weighted by molar-refractivity contribution is -0.0427. The molecule has 3 aliphatic rings. The van der Waals surface area contributed by atoms with Gasteiger partial charge in [0.15, 0.2) is 0 Å². The summed E-state index contributed by atoms with van der Waals surface area (Å²) in [4.78, 5) is 12.8. The second-order valence-electron chi connectivity index (χ2n) is 10.0. The van der Waals surface area contributed by atoms with E-state index in [0.29, 0.717) is 23.5 Å². The fourth-order valence-electron chi connectivity index (χ4n) is 6.75. The van der Waals surface area contributed by atoms with Crippen molar-refractivity contribution in [1.29, 1.82) is 0 Å². The summed E-state index contributed by atoms with van der Waals surface area (Å²) in [6, 6.07) is 9.62. The average molecular weight is 490 g/mol. The van der Waals surface area contributed by atoms with Crippen LogP contribution >= 0.6 is 11.6 Å². The van der Waals surface area contributed by atoms with Gasteiger partial charge in [-0.05, 0) is 97.7 Å². The smallest absolute Gasteiger partial charge is 0.339 e. The number of phenolic OH excluding ortho intramolecular Hbond substituents is 1. The van der Waals surface area contributed by atoms with Crippen LogP contribution in [0.5, 0.6) is 5.75 Å². The summed E-state index contributed by atoms with van der Waals surface area (Å²) in [5, 5.41) is 15.0. The fourth-order valence-corrected chi connectivity index (χ4v) is 7.61. The van der Waals surface area contributed by atoms with E-state index in [1.807, 2.05) is 6.07 Å². The van der Waals surface area contributed by atoms with Gasteiger partial charge in [-0.2, -0.15) is 0 Å². The first-order chi connectivity index (χ1) is 15.6. The predicted molar refractivity (Wildman–Crippen MR) is 125 cm³/mol. The van der Waals surface area contributed by atoms with Crippen molar-refractivity contribution >= 4 is 27.6 Å². The molecule has 8 heteroatoms. The number of nitrogens with two attached hydrogens (primary N) is 1. The number of rotatable bonds is 3. The molecule has 6 nitrogen and oxygen atoms in total. The van der Waals surface area contributed by atoms with Gasteiger partial charge >= 0.3 is 5.97 Å². The monoisotopic (exact) mass is 489 g/mol. The van der Waals surface area contributed by atoms with E-state index in [1.165, 1.54) is 29.3 Å². The maximum absolute atomic E-state index is 13.0. The molecule has 3 N–H and O–H groups in total. The van der Waals surface area contributed by atoms with Crippen LogP contribution in [-0.4, -0.2) is 25.6 Å². The van der Waals surface area contributed by atoms with Gasteiger partial charge in [0, 0.05) is 5.41 Å². The molecule has 0 aliphatic heterocycles. The lowest BCUT2D eigenvalue weighted by Crippen LogP contribution is -2.45. The highest BCUT2D eigenvalue weighted by atomic mass is 35.5. The summed E-state index contributed by atoms with van der Waals surface area (Å²) in [6.07, 6.45) is 5.68. The van der Waals surface area contributed by atoms with Crippen LogP contribution in [-0.2, 0) is 21.2 Å². The maximum Gasteiger partial charge on any atom is 0.339 e. The number of sulfonamides is 1. The van der Waals surface area contributed by atoms with E-state index in [2.05, 4.69) is 13.0 Å². The van der Waals surface area contributed by atoms with Gasteiger partial charge in [0.05, 0.1) is 15.5 Å². The Labute approximate surface area is 199 Å². The van der Waals surface area contributed by atoms with Crippen LogP contribution in [0.2, 0.25) is 5.02 Å². The SMILES string of the molecule is C[C@]12CCC3c4ccc(O)cc4CCC3C1CC[C@@H]2OC(=O)c1ccc(S(N)(=O)=O)cc1Cl. The number of hydrogen-bond acceptors (Lipinski definition) is 5. The Balaban J connectivity index is 1.35. The molecule has 3 unspecified atom stereocenters. The Kier molecular flexibility index (Phi) is 5.50. The van der Waals surface area contributed by atoms with Crippen molar-refractivity contribution in [2.24, 2.45) is 22.4 Å². The van der Waals surface area contributed by atoms with Crippen LogP contribution in [0.3, 0.4) is 0 Å². The van der Waals surface area contributed by atoms with Crippen LogP contribution < -0.4 is 5.14 Å². The molecule has 5 atom stereocenters. The summed E-state index contributed by atoms with van der Waals surface area (Å²) in [5.41, 5.74) is 2.68. The molecule has 2 fully saturated rings. The quantitative estimate of drug-likeness (QED) is 0.603. The fraction of sp³-hybridized carbons (Fsp3) is 0.480. The van der Waals surface area contributed by atoms with Gasteiger partial charge in [-0.3, -0.25) is 0 Å². The molecule has 2 aromatic rings. The average Bonchev–Trinajstić information content (AvgIpc) is 3.08. The molecule has 0 radical (unpaired) electrons. The molecule has 3 aliphatic carbocycles. The van der Waals surface area contributed by atoms with E-state index in [-0.39, 0.29) is 27.0 Å². The molecule has 33 heavy (non-hydrogen) atoms. The Hall–Kier alpha value is -2.09. The number of benzene rings is 2. The number of ether oxygens (including phenoxy) is 1. The highest BCUT2D eigenvalue weighted by Gasteiger charge is 2.56. The molecule has 0 bridgehead atoms. The molecule has 0 amide bonds. The molecule has 5 rings (SSSR count). The van der Waals surface area contributed by atoms with Crippen LogP contribution in [0.4, 0.5) is 0 Å². The molecule has 0 heterocycles. The first-order valence-corrected chi connectivity index (χ1v) is 13.4. The van der Waals surface area contributed by atoms with Gasteiger partial charge in [-0.15, -0.1) is 0 Å². The van der Waals surface area contributed by atoms with Crippen molar-refractivity contribution in [2.45, 2.75) is 62.4 Å². The Bertz CT molecular complexity index is 1230. The van der Waals surface area contributed by atoms with Crippen molar-refractivity contribution in [3.05, 3.63) is 58.1 Å². The summed E-state index contributed by atoms with van der Waals surface area (Å²) in [7, 11) is -3.90. The number of phenols is 1. The second kappa shape index (κ2) is 8.00. The van der Waals surface area contributed by atoms with E-state index in [9.17, 15) is 18.3 Å². The lowest BCUT2D eigenvalue weighted by Gasteiger charge is -2.50. The summed E-state index contributed by atoms with van der Waals surface area (Å²) < 4.78 is 29.1. The molecular weight excluding hydrogens is 462 g/mol. The highest BCUT2D eigenvalue weighted by molar-refractivity contribution is 7.89. The van der Waals surface area contributed by atoms with Crippen LogP contribution in [0, 0.1) is 17.3 Å². The largest absolute Gasteiger partial charge is 0.508 e. The molecule has 2 aromatic carbocycles. The van der Waals surface area contributed by atoms with Crippen molar-refractivity contribution in [1.82, 2.24) is 0 Å². The molecule has 176 valence electrons. The highest BCUT2D eigenvalue weighted by Crippen LogP contribution is 2.61.